The minimum absolute atomic E-state index is 0.0295. The Kier molecular flexibility index (Phi) is 5.50. The van der Waals surface area contributed by atoms with E-state index in [-0.39, 0.29) is 11.2 Å². The van der Waals surface area contributed by atoms with E-state index < -0.39 is 0 Å². The Hall–Kier alpha value is -1.94. The second kappa shape index (κ2) is 7.36. The molecule has 2 aromatic rings. The Morgan fingerprint density at radius 1 is 1.23 bits per heavy atom. The predicted molar refractivity (Wildman–Crippen MR) is 95.3 cm³/mol. The van der Waals surface area contributed by atoms with Gasteiger partial charge in [-0.15, -0.1) is 11.8 Å². The summed E-state index contributed by atoms with van der Waals surface area (Å²) in [6, 6.07) is 13.7. The van der Waals surface area contributed by atoms with E-state index in [9.17, 15) is 4.79 Å². The normalized spacial score (nSPS) is 12.0. The topological polar surface area (TPSA) is 55.1 Å². The fraction of sp³-hybridized carbons (Fsp3) is 0.278. The van der Waals surface area contributed by atoms with Crippen molar-refractivity contribution in [3.05, 3.63) is 53.6 Å². The molecule has 0 aliphatic rings. The molecular weight excluding hydrogens is 292 g/mol. The molecule has 4 heteroatoms. The maximum Gasteiger partial charge on any atom is 0.237 e. The predicted octanol–water partition coefficient (Wildman–Crippen LogP) is 4.40. The summed E-state index contributed by atoms with van der Waals surface area (Å²) >= 11 is 1.55. The molecule has 0 heterocycles. The molecule has 1 atom stereocenters. The number of aryl methyl sites for hydroxylation is 2. The molecule has 22 heavy (non-hydrogen) atoms. The third-order valence-corrected chi connectivity index (χ3v) is 4.80. The van der Waals surface area contributed by atoms with Gasteiger partial charge in [0.1, 0.15) is 0 Å². The number of amides is 1. The number of hydrogen-bond acceptors (Lipinski definition) is 3. The average Bonchev–Trinajstić information content (AvgIpc) is 2.47. The van der Waals surface area contributed by atoms with Crippen LogP contribution in [0.25, 0.3) is 0 Å². The quantitative estimate of drug-likeness (QED) is 0.635. The van der Waals surface area contributed by atoms with E-state index in [1.807, 2.05) is 57.2 Å². The van der Waals surface area contributed by atoms with Crippen LogP contribution in [0.4, 0.5) is 11.4 Å². The fourth-order valence-electron chi connectivity index (χ4n) is 2.24. The molecule has 0 fully saturated rings. The number of carbonyl (C=O) groups excluding carboxylic acids is 1. The van der Waals surface area contributed by atoms with Crippen LogP contribution in [-0.2, 0) is 4.79 Å². The van der Waals surface area contributed by atoms with Gasteiger partial charge in [-0.1, -0.05) is 30.7 Å². The highest BCUT2D eigenvalue weighted by Gasteiger charge is 2.18. The van der Waals surface area contributed by atoms with Gasteiger partial charge < -0.3 is 11.1 Å². The highest BCUT2D eigenvalue weighted by atomic mass is 32.2. The van der Waals surface area contributed by atoms with E-state index in [1.165, 1.54) is 5.56 Å². The van der Waals surface area contributed by atoms with Gasteiger partial charge in [-0.3, -0.25) is 4.79 Å². The monoisotopic (exact) mass is 314 g/mol. The first kappa shape index (κ1) is 16.4. The number of benzene rings is 2. The van der Waals surface area contributed by atoms with Crippen LogP contribution in [-0.4, -0.2) is 11.2 Å². The lowest BCUT2D eigenvalue weighted by atomic mass is 10.1. The van der Waals surface area contributed by atoms with Crippen LogP contribution in [0.15, 0.2) is 47.4 Å². The summed E-state index contributed by atoms with van der Waals surface area (Å²) in [6.07, 6.45) is 0.760. The van der Waals surface area contributed by atoms with Crippen molar-refractivity contribution in [1.82, 2.24) is 0 Å². The van der Waals surface area contributed by atoms with E-state index >= 15 is 0 Å². The maximum absolute atomic E-state index is 12.5. The molecule has 1 amide bonds. The fourth-order valence-corrected chi connectivity index (χ4v) is 3.26. The zero-order valence-corrected chi connectivity index (χ0v) is 14.0. The Labute approximate surface area is 136 Å². The van der Waals surface area contributed by atoms with Gasteiger partial charge in [0, 0.05) is 16.3 Å². The van der Waals surface area contributed by atoms with Crippen molar-refractivity contribution in [3.63, 3.8) is 0 Å². The molecule has 0 radical (unpaired) electrons. The average molecular weight is 314 g/mol. The third-order valence-electron chi connectivity index (χ3n) is 3.44. The molecule has 0 spiro atoms. The summed E-state index contributed by atoms with van der Waals surface area (Å²) in [5, 5.41) is 2.90. The summed E-state index contributed by atoms with van der Waals surface area (Å²) in [5.74, 6) is 0.0295. The Morgan fingerprint density at radius 3 is 2.64 bits per heavy atom. The Morgan fingerprint density at radius 2 is 2.00 bits per heavy atom. The lowest BCUT2D eigenvalue weighted by molar-refractivity contribution is -0.115. The summed E-state index contributed by atoms with van der Waals surface area (Å²) in [6.45, 7) is 6.07. The van der Waals surface area contributed by atoms with E-state index in [1.54, 1.807) is 11.8 Å². The highest BCUT2D eigenvalue weighted by Crippen LogP contribution is 2.28. The lowest BCUT2D eigenvalue weighted by Gasteiger charge is -2.16. The van der Waals surface area contributed by atoms with Crippen LogP contribution >= 0.6 is 11.8 Å². The van der Waals surface area contributed by atoms with Crippen LogP contribution in [0.3, 0.4) is 0 Å². The number of nitrogens with one attached hydrogen (secondary N) is 1. The van der Waals surface area contributed by atoms with Crippen molar-refractivity contribution in [3.8, 4) is 0 Å². The first-order chi connectivity index (χ1) is 10.5. The van der Waals surface area contributed by atoms with Crippen molar-refractivity contribution in [2.45, 2.75) is 37.3 Å². The molecule has 3 N–H and O–H groups in total. The van der Waals surface area contributed by atoms with Gasteiger partial charge in [0.15, 0.2) is 0 Å². The smallest absolute Gasteiger partial charge is 0.237 e. The van der Waals surface area contributed by atoms with Gasteiger partial charge in [-0.05, 0) is 50.1 Å². The zero-order valence-electron chi connectivity index (χ0n) is 13.2. The van der Waals surface area contributed by atoms with E-state index in [0.29, 0.717) is 0 Å². The largest absolute Gasteiger partial charge is 0.399 e. The molecule has 2 rings (SSSR count). The second-order valence-electron chi connectivity index (χ2n) is 5.39. The van der Waals surface area contributed by atoms with E-state index in [0.717, 1.165) is 28.3 Å². The van der Waals surface area contributed by atoms with Gasteiger partial charge in [-0.25, -0.2) is 0 Å². The SMILES string of the molecule is CCC(Sc1cccc(N)c1)C(=O)Nc1ccc(C)cc1C. The molecule has 116 valence electrons. The number of nitrogens with two attached hydrogens (primary N) is 1. The van der Waals surface area contributed by atoms with Crippen molar-refractivity contribution >= 4 is 29.0 Å². The molecule has 0 saturated carbocycles. The van der Waals surface area contributed by atoms with Crippen molar-refractivity contribution < 1.29 is 4.79 Å². The molecule has 2 aromatic carbocycles. The number of rotatable bonds is 5. The Bertz CT molecular complexity index is 670. The minimum atomic E-state index is -0.137. The van der Waals surface area contributed by atoms with E-state index in [4.69, 9.17) is 5.73 Å². The number of nitrogen functional groups attached to an aromatic ring is 1. The van der Waals surface area contributed by atoms with Gasteiger partial charge >= 0.3 is 0 Å². The number of thioether (sulfide) groups is 1. The van der Waals surface area contributed by atoms with Crippen LogP contribution in [0.2, 0.25) is 0 Å². The third kappa shape index (κ3) is 4.28. The van der Waals surface area contributed by atoms with Crippen molar-refractivity contribution in [2.24, 2.45) is 0 Å². The standard InChI is InChI=1S/C18H22N2OS/c1-4-17(22-15-7-5-6-14(19)11-15)18(21)20-16-9-8-12(2)10-13(16)3/h5-11,17H,4,19H2,1-3H3,(H,20,21). The van der Waals surface area contributed by atoms with Gasteiger partial charge in [-0.2, -0.15) is 0 Å². The van der Waals surface area contributed by atoms with Crippen LogP contribution in [0.5, 0.6) is 0 Å². The molecular formula is C18H22N2OS. The van der Waals surface area contributed by atoms with Gasteiger partial charge in [0.25, 0.3) is 0 Å². The molecule has 0 aromatic heterocycles. The van der Waals surface area contributed by atoms with Gasteiger partial charge in [0.2, 0.25) is 5.91 Å². The number of hydrogen-bond donors (Lipinski definition) is 2. The minimum Gasteiger partial charge on any atom is -0.399 e. The summed E-state index contributed by atoms with van der Waals surface area (Å²) in [5.41, 5.74) is 9.66. The van der Waals surface area contributed by atoms with Gasteiger partial charge in [0.05, 0.1) is 5.25 Å². The number of anilines is 2. The highest BCUT2D eigenvalue weighted by molar-refractivity contribution is 8.00. The molecule has 0 saturated heterocycles. The summed E-state index contributed by atoms with van der Waals surface area (Å²) < 4.78 is 0. The molecule has 0 aliphatic heterocycles. The molecule has 1 unspecified atom stereocenters. The zero-order chi connectivity index (χ0) is 16.1. The second-order valence-corrected chi connectivity index (χ2v) is 6.67. The first-order valence-electron chi connectivity index (χ1n) is 7.40. The first-order valence-corrected chi connectivity index (χ1v) is 8.28. The lowest BCUT2D eigenvalue weighted by Crippen LogP contribution is -2.24. The van der Waals surface area contributed by atoms with E-state index in [2.05, 4.69) is 11.4 Å². The van der Waals surface area contributed by atoms with Crippen molar-refractivity contribution in [1.29, 1.82) is 0 Å². The van der Waals surface area contributed by atoms with Crippen LogP contribution in [0.1, 0.15) is 24.5 Å². The molecule has 0 aliphatic carbocycles. The molecule has 3 nitrogen and oxygen atoms in total. The summed E-state index contributed by atoms with van der Waals surface area (Å²) in [7, 11) is 0. The molecule has 0 bridgehead atoms. The van der Waals surface area contributed by atoms with Crippen molar-refractivity contribution in [2.75, 3.05) is 11.1 Å². The van der Waals surface area contributed by atoms with Crippen LogP contribution in [0, 0.1) is 13.8 Å². The number of carbonyl (C=O) groups is 1. The Balaban J connectivity index is 2.08. The van der Waals surface area contributed by atoms with Crippen LogP contribution < -0.4 is 11.1 Å². The summed E-state index contributed by atoms with van der Waals surface area (Å²) in [4.78, 5) is 13.5. The maximum atomic E-state index is 12.5.